The molecule has 0 unspecified atom stereocenters. The number of carbonyl (C=O) groups is 1. The van der Waals surface area contributed by atoms with Crippen LogP contribution in [0.1, 0.15) is 58.1 Å². The number of H-pyrrole nitrogens is 1. The average Bonchev–Trinajstić information content (AvgIpc) is 3.22. The quantitative estimate of drug-likeness (QED) is 0.602. The van der Waals surface area contributed by atoms with Crippen molar-refractivity contribution in [3.05, 3.63) is 51.4 Å². The number of ether oxygens (including phenoxy) is 1. The third kappa shape index (κ3) is 6.91. The molecule has 2 aliphatic carbocycles. The van der Waals surface area contributed by atoms with Crippen LogP contribution in [0.5, 0.6) is 0 Å². The minimum absolute atomic E-state index is 0. The lowest BCUT2D eigenvalue weighted by atomic mass is 9.93. The first-order valence-corrected chi connectivity index (χ1v) is 13.2. The number of carbonyl (C=O) groups excluding carboxylic acids is 1. The van der Waals surface area contributed by atoms with Crippen LogP contribution in [0.2, 0.25) is 0 Å². The Morgan fingerprint density at radius 2 is 1.88 bits per heavy atom. The molecule has 0 radical (unpaired) electrons. The Labute approximate surface area is 198 Å². The molecule has 184 valence electrons. The molecule has 2 aliphatic rings. The lowest BCUT2D eigenvalue weighted by Gasteiger charge is -2.19. The fourth-order valence-electron chi connectivity index (χ4n) is 4.61. The van der Waals surface area contributed by atoms with Gasteiger partial charge in [0.05, 0.1) is 18.0 Å². The van der Waals surface area contributed by atoms with E-state index in [1.807, 2.05) is 18.8 Å². The Morgan fingerprint density at radius 1 is 1.15 bits per heavy atom. The first-order valence-electron chi connectivity index (χ1n) is 11.3. The zero-order chi connectivity index (χ0) is 24.0. The second-order valence-corrected chi connectivity index (χ2v) is 10.4. The molecule has 0 spiro atoms. The SMILES string of the molecule is COC1CCCCC1.Cc1cc2c(c(NC(=O)NS(C)(=O)=O)c1-c1cc[nH]c(=O)c1)CCC2.[HH].[HH]. The van der Waals surface area contributed by atoms with Gasteiger partial charge in [0.25, 0.3) is 0 Å². The fraction of sp³-hybridized carbons (Fsp3) is 0.500. The molecule has 8 nitrogen and oxygen atoms in total. The van der Waals surface area contributed by atoms with E-state index in [4.69, 9.17) is 4.74 Å². The molecule has 0 saturated heterocycles. The van der Waals surface area contributed by atoms with E-state index < -0.39 is 16.1 Å². The van der Waals surface area contributed by atoms with Crippen molar-refractivity contribution in [3.63, 3.8) is 0 Å². The van der Waals surface area contributed by atoms with Crippen LogP contribution in [-0.2, 0) is 27.6 Å². The van der Waals surface area contributed by atoms with E-state index in [0.717, 1.165) is 47.8 Å². The minimum Gasteiger partial charge on any atom is -0.381 e. The molecule has 0 aliphatic heterocycles. The Balaban J connectivity index is 0.000000524. The van der Waals surface area contributed by atoms with Crippen LogP contribution >= 0.6 is 0 Å². The van der Waals surface area contributed by atoms with Crippen molar-refractivity contribution in [1.29, 1.82) is 0 Å². The number of hydrogen-bond donors (Lipinski definition) is 3. The molecular formula is C24H37N3O5S. The predicted molar refractivity (Wildman–Crippen MR) is 134 cm³/mol. The number of pyridine rings is 1. The number of benzene rings is 1. The van der Waals surface area contributed by atoms with Gasteiger partial charge in [-0.05, 0) is 67.3 Å². The number of aromatic amines is 1. The number of fused-ring (bicyclic) bond motifs is 1. The number of sulfonamides is 1. The average molecular weight is 480 g/mol. The van der Waals surface area contributed by atoms with Gasteiger partial charge < -0.3 is 15.0 Å². The molecule has 33 heavy (non-hydrogen) atoms. The molecule has 1 aromatic heterocycles. The zero-order valence-electron chi connectivity index (χ0n) is 19.5. The van der Waals surface area contributed by atoms with Gasteiger partial charge in [-0.2, -0.15) is 0 Å². The highest BCUT2D eigenvalue weighted by molar-refractivity contribution is 7.89. The first-order chi connectivity index (χ1) is 15.7. The van der Waals surface area contributed by atoms with Gasteiger partial charge in [-0.25, -0.2) is 17.9 Å². The van der Waals surface area contributed by atoms with Crippen molar-refractivity contribution in [1.82, 2.24) is 9.71 Å². The second kappa shape index (κ2) is 11.0. The molecule has 1 heterocycles. The molecule has 3 N–H and O–H groups in total. The molecular weight excluding hydrogens is 442 g/mol. The number of urea groups is 1. The molecule has 2 amide bonds. The van der Waals surface area contributed by atoms with Gasteiger partial charge in [-0.3, -0.25) is 4.79 Å². The second-order valence-electron chi connectivity index (χ2n) is 8.70. The molecule has 0 bridgehead atoms. The van der Waals surface area contributed by atoms with Crippen molar-refractivity contribution in [2.24, 2.45) is 0 Å². The smallest absolute Gasteiger partial charge is 0.332 e. The standard InChI is InChI=1S/C17H19N3O4S.C7H14O.2H2/c1-10-8-11-4-3-5-13(11)16(19-17(22)20-25(2,23)24)15(10)12-6-7-18-14(21)9-12;1-8-7-5-3-2-4-6-7;;/h6-9H,3-5H2,1-2H3,(H,18,21)(H2,19,20,22);7H,2-6H2,1H3;2*1H. The maximum absolute atomic E-state index is 12.1. The summed E-state index contributed by atoms with van der Waals surface area (Å²) in [6.45, 7) is 1.91. The summed E-state index contributed by atoms with van der Waals surface area (Å²) in [5.41, 5.74) is 4.77. The molecule has 0 atom stereocenters. The number of amides is 2. The predicted octanol–water partition coefficient (Wildman–Crippen LogP) is 4.38. The Bertz CT molecular complexity index is 1160. The maximum atomic E-state index is 12.1. The van der Waals surface area contributed by atoms with Crippen LogP contribution in [0.15, 0.2) is 29.2 Å². The molecule has 1 fully saturated rings. The summed E-state index contributed by atoms with van der Waals surface area (Å²) in [6.07, 6.45) is 12.5. The van der Waals surface area contributed by atoms with Crippen LogP contribution in [0.4, 0.5) is 10.5 Å². The van der Waals surface area contributed by atoms with Gasteiger partial charge >= 0.3 is 6.03 Å². The van der Waals surface area contributed by atoms with Crippen LogP contribution in [0, 0.1) is 6.92 Å². The lowest BCUT2D eigenvalue weighted by molar-refractivity contribution is 0.0710. The third-order valence-corrected chi connectivity index (χ3v) is 6.62. The Kier molecular flexibility index (Phi) is 8.31. The van der Waals surface area contributed by atoms with Crippen molar-refractivity contribution >= 4 is 21.7 Å². The van der Waals surface area contributed by atoms with Crippen LogP contribution in [-0.4, -0.2) is 38.9 Å². The maximum Gasteiger partial charge on any atom is 0.332 e. The Hall–Kier alpha value is -2.65. The third-order valence-electron chi connectivity index (χ3n) is 6.06. The number of nitrogens with one attached hydrogen (secondary N) is 3. The summed E-state index contributed by atoms with van der Waals surface area (Å²) in [4.78, 5) is 26.4. The van der Waals surface area contributed by atoms with E-state index in [1.165, 1.54) is 38.2 Å². The number of aryl methyl sites for hydroxylation is 2. The van der Waals surface area contributed by atoms with E-state index >= 15 is 0 Å². The summed E-state index contributed by atoms with van der Waals surface area (Å²) in [6, 6.07) is 4.47. The molecule has 2 aromatic rings. The van der Waals surface area contributed by atoms with E-state index in [2.05, 4.69) is 16.4 Å². The Morgan fingerprint density at radius 3 is 2.48 bits per heavy atom. The van der Waals surface area contributed by atoms with Crippen LogP contribution in [0.25, 0.3) is 11.1 Å². The molecule has 1 aromatic carbocycles. The summed E-state index contributed by atoms with van der Waals surface area (Å²) >= 11 is 0. The van der Waals surface area contributed by atoms with E-state index in [9.17, 15) is 18.0 Å². The van der Waals surface area contributed by atoms with Gasteiger partial charge in [0.2, 0.25) is 15.6 Å². The van der Waals surface area contributed by atoms with Gasteiger partial charge in [-0.15, -0.1) is 0 Å². The van der Waals surface area contributed by atoms with Crippen LogP contribution < -0.4 is 15.6 Å². The van der Waals surface area contributed by atoms with Gasteiger partial charge in [-0.1, -0.05) is 25.3 Å². The molecule has 4 rings (SSSR count). The highest BCUT2D eigenvalue weighted by Crippen LogP contribution is 2.39. The normalized spacial score (nSPS) is 15.8. The fourth-order valence-corrected chi connectivity index (χ4v) is 5.00. The minimum atomic E-state index is -3.67. The summed E-state index contributed by atoms with van der Waals surface area (Å²) in [7, 11) is -1.85. The first kappa shape index (κ1) is 25.0. The van der Waals surface area contributed by atoms with Crippen LogP contribution in [0.3, 0.4) is 0 Å². The monoisotopic (exact) mass is 479 g/mol. The van der Waals surface area contributed by atoms with E-state index in [-0.39, 0.29) is 8.41 Å². The zero-order valence-corrected chi connectivity index (χ0v) is 20.3. The summed E-state index contributed by atoms with van der Waals surface area (Å²) < 4.78 is 29.7. The van der Waals surface area contributed by atoms with E-state index in [0.29, 0.717) is 17.4 Å². The van der Waals surface area contributed by atoms with Gasteiger partial charge in [0.1, 0.15) is 0 Å². The number of aromatic nitrogens is 1. The van der Waals surface area contributed by atoms with E-state index in [1.54, 1.807) is 12.3 Å². The number of methoxy groups -OCH3 is 1. The van der Waals surface area contributed by atoms with Crippen molar-refractivity contribution in [2.75, 3.05) is 18.7 Å². The van der Waals surface area contributed by atoms with Crippen molar-refractivity contribution in [2.45, 2.75) is 64.4 Å². The highest BCUT2D eigenvalue weighted by atomic mass is 32.2. The molecule has 9 heteroatoms. The number of hydrogen-bond acceptors (Lipinski definition) is 5. The van der Waals surface area contributed by atoms with Crippen molar-refractivity contribution in [3.8, 4) is 11.1 Å². The number of rotatable bonds is 4. The van der Waals surface area contributed by atoms with Gasteiger partial charge in [0, 0.05) is 27.8 Å². The lowest BCUT2D eigenvalue weighted by Crippen LogP contribution is -2.34. The molecule has 1 saturated carbocycles. The van der Waals surface area contributed by atoms with Crippen molar-refractivity contribution < 1.29 is 20.8 Å². The number of anilines is 1. The summed E-state index contributed by atoms with van der Waals surface area (Å²) in [5, 5.41) is 2.68. The summed E-state index contributed by atoms with van der Waals surface area (Å²) in [5.74, 6) is 0. The van der Waals surface area contributed by atoms with Gasteiger partial charge in [0.15, 0.2) is 0 Å². The highest BCUT2D eigenvalue weighted by Gasteiger charge is 2.23. The largest absolute Gasteiger partial charge is 0.381 e. The topological polar surface area (TPSA) is 117 Å².